The minimum Gasteiger partial charge on any atom is -0.441 e. The highest BCUT2D eigenvalue weighted by Crippen LogP contribution is 2.36. The molecule has 1 aromatic carbocycles. The van der Waals surface area contributed by atoms with Crippen molar-refractivity contribution in [3.63, 3.8) is 0 Å². The lowest BCUT2D eigenvalue weighted by atomic mass is 9.83. The lowest BCUT2D eigenvalue weighted by Gasteiger charge is -2.42. The molecule has 1 fully saturated rings. The summed E-state index contributed by atoms with van der Waals surface area (Å²) in [6.07, 6.45) is 1.08. The van der Waals surface area contributed by atoms with E-state index >= 15 is 0 Å². The van der Waals surface area contributed by atoms with Crippen LogP contribution in [-0.4, -0.2) is 27.5 Å². The first-order valence-electron chi connectivity index (χ1n) is 9.82. The van der Waals surface area contributed by atoms with E-state index in [9.17, 15) is 13.6 Å². The number of nitrogens with zero attached hydrogens (tertiary/aromatic N) is 3. The number of piperidine rings is 1. The zero-order valence-electron chi connectivity index (χ0n) is 16.1. The van der Waals surface area contributed by atoms with Gasteiger partial charge in [0.15, 0.2) is 11.6 Å². The molecule has 2 bridgehead atoms. The van der Waals surface area contributed by atoms with Crippen molar-refractivity contribution in [2.75, 3.05) is 13.1 Å². The molecule has 3 aromatic rings. The molecule has 0 aliphatic carbocycles. The van der Waals surface area contributed by atoms with Gasteiger partial charge in [-0.1, -0.05) is 12.1 Å². The molecule has 0 spiro atoms. The first-order valence-corrected chi connectivity index (χ1v) is 9.82. The van der Waals surface area contributed by atoms with Gasteiger partial charge in [0.1, 0.15) is 5.76 Å². The van der Waals surface area contributed by atoms with Gasteiger partial charge in [-0.25, -0.2) is 13.8 Å². The second-order valence-electron chi connectivity index (χ2n) is 8.02. The van der Waals surface area contributed by atoms with E-state index in [1.165, 1.54) is 12.1 Å². The van der Waals surface area contributed by atoms with E-state index in [1.54, 1.807) is 13.0 Å². The molecule has 2 aliphatic heterocycles. The number of pyridine rings is 1. The monoisotopic (exact) mass is 397 g/mol. The molecule has 4 heterocycles. The van der Waals surface area contributed by atoms with Crippen LogP contribution in [0.4, 0.5) is 8.78 Å². The van der Waals surface area contributed by atoms with Crippen molar-refractivity contribution in [2.45, 2.75) is 32.4 Å². The Morgan fingerprint density at radius 2 is 1.97 bits per heavy atom. The minimum atomic E-state index is -0.949. The number of rotatable bonds is 3. The summed E-state index contributed by atoms with van der Waals surface area (Å²) in [5.74, 6) is -0.440. The maximum Gasteiger partial charge on any atom is 0.250 e. The molecule has 0 unspecified atom stereocenters. The largest absolute Gasteiger partial charge is 0.441 e. The molecule has 29 heavy (non-hydrogen) atoms. The van der Waals surface area contributed by atoms with Crippen molar-refractivity contribution >= 4 is 0 Å². The molecular formula is C22H21F2N3O2. The van der Waals surface area contributed by atoms with Crippen molar-refractivity contribution in [3.8, 4) is 11.5 Å². The minimum absolute atomic E-state index is 0.0307. The first kappa shape index (κ1) is 18.2. The maximum atomic E-state index is 14.1. The van der Waals surface area contributed by atoms with Crippen LogP contribution in [0.2, 0.25) is 0 Å². The molecule has 0 radical (unpaired) electrons. The summed E-state index contributed by atoms with van der Waals surface area (Å²) in [5, 5.41) is 0. The van der Waals surface area contributed by atoms with Crippen molar-refractivity contribution in [2.24, 2.45) is 5.92 Å². The molecule has 5 rings (SSSR count). The average molecular weight is 397 g/mol. The van der Waals surface area contributed by atoms with E-state index in [0.29, 0.717) is 24.1 Å². The van der Waals surface area contributed by atoms with E-state index < -0.39 is 11.6 Å². The Hall–Kier alpha value is -2.80. The zero-order valence-corrected chi connectivity index (χ0v) is 16.1. The summed E-state index contributed by atoms with van der Waals surface area (Å²) in [6.45, 7) is 4.81. The van der Waals surface area contributed by atoms with Gasteiger partial charge in [-0.3, -0.25) is 9.69 Å². The zero-order chi connectivity index (χ0) is 20.1. The van der Waals surface area contributed by atoms with Gasteiger partial charge < -0.3 is 8.98 Å². The number of aryl methyl sites for hydroxylation is 1. The third-order valence-corrected chi connectivity index (χ3v) is 6.00. The third kappa shape index (κ3) is 3.19. The van der Waals surface area contributed by atoms with E-state index in [0.717, 1.165) is 43.5 Å². The van der Waals surface area contributed by atoms with Crippen LogP contribution < -0.4 is 5.56 Å². The number of hydrogen-bond donors (Lipinski definition) is 0. The number of aromatic nitrogens is 2. The summed E-state index contributed by atoms with van der Waals surface area (Å²) in [7, 11) is 0. The predicted octanol–water partition coefficient (Wildman–Crippen LogP) is 3.71. The third-order valence-electron chi connectivity index (χ3n) is 6.00. The lowest BCUT2D eigenvalue weighted by molar-refractivity contribution is 0.113. The van der Waals surface area contributed by atoms with E-state index in [1.807, 2.05) is 16.7 Å². The average Bonchev–Trinajstić information content (AvgIpc) is 3.05. The summed E-state index contributed by atoms with van der Waals surface area (Å²) in [5.41, 5.74) is 1.93. The van der Waals surface area contributed by atoms with Crippen LogP contribution in [0, 0.1) is 24.5 Å². The van der Waals surface area contributed by atoms with Crippen molar-refractivity contribution in [1.29, 1.82) is 0 Å². The number of benzene rings is 1. The quantitative estimate of drug-likeness (QED) is 0.676. The SMILES string of the molecule is Cc1oc(-c2cccc(F)c2F)nc1CN1C[C@@H]2C[C@@H](C1)c1cccc(=O)n1C2. The summed E-state index contributed by atoms with van der Waals surface area (Å²) in [6, 6.07) is 9.47. The molecule has 1 saturated heterocycles. The molecule has 2 atom stereocenters. The Bertz CT molecular complexity index is 1140. The molecule has 0 amide bonds. The van der Waals surface area contributed by atoms with Crippen molar-refractivity contribution in [1.82, 2.24) is 14.5 Å². The van der Waals surface area contributed by atoms with Crippen LogP contribution in [-0.2, 0) is 13.1 Å². The van der Waals surface area contributed by atoms with Crippen molar-refractivity contribution in [3.05, 3.63) is 75.5 Å². The second kappa shape index (κ2) is 6.91. The molecule has 7 heteroatoms. The standard InChI is InChI=1S/C22H21F2N3O2/c1-13-18(25-22(29-13)16-4-2-5-17(23)21(16)24)12-26-9-14-8-15(11-26)19-6-3-7-20(28)27(19)10-14/h2-7,14-15H,8-12H2,1H3/t14-,15-/m0/s1. The van der Waals surface area contributed by atoms with E-state index in [4.69, 9.17) is 4.42 Å². The Labute approximate surface area is 166 Å². The number of hydrogen-bond acceptors (Lipinski definition) is 4. The van der Waals surface area contributed by atoms with Gasteiger partial charge in [-0.2, -0.15) is 0 Å². The number of fused-ring (bicyclic) bond motifs is 4. The number of oxazole rings is 1. The van der Waals surface area contributed by atoms with Gasteiger partial charge in [0.2, 0.25) is 5.89 Å². The molecule has 0 N–H and O–H groups in total. The van der Waals surface area contributed by atoms with Crippen LogP contribution >= 0.6 is 0 Å². The fraction of sp³-hybridized carbons (Fsp3) is 0.364. The highest BCUT2D eigenvalue weighted by atomic mass is 19.2. The Kier molecular flexibility index (Phi) is 4.35. The molecular weight excluding hydrogens is 376 g/mol. The molecule has 150 valence electrons. The van der Waals surface area contributed by atoms with E-state index in [-0.39, 0.29) is 17.0 Å². The van der Waals surface area contributed by atoms with Gasteiger partial charge in [0.25, 0.3) is 5.56 Å². The Morgan fingerprint density at radius 1 is 1.14 bits per heavy atom. The normalized spacial score (nSPS) is 21.2. The fourth-order valence-electron chi connectivity index (χ4n) is 4.70. The van der Waals surface area contributed by atoms with Gasteiger partial charge >= 0.3 is 0 Å². The Morgan fingerprint density at radius 3 is 2.83 bits per heavy atom. The maximum absolute atomic E-state index is 14.1. The first-order chi connectivity index (χ1) is 14.0. The van der Waals surface area contributed by atoms with E-state index in [2.05, 4.69) is 9.88 Å². The summed E-state index contributed by atoms with van der Waals surface area (Å²) >= 11 is 0. The highest BCUT2D eigenvalue weighted by molar-refractivity contribution is 5.54. The second-order valence-corrected chi connectivity index (χ2v) is 8.02. The van der Waals surface area contributed by atoms with Gasteiger partial charge in [0.05, 0.1) is 11.3 Å². The van der Waals surface area contributed by atoms with Crippen LogP contribution in [0.15, 0.2) is 45.6 Å². The molecule has 0 saturated carbocycles. The summed E-state index contributed by atoms with van der Waals surface area (Å²) < 4.78 is 35.2. The Balaban J connectivity index is 1.39. The fourth-order valence-corrected chi connectivity index (χ4v) is 4.70. The summed E-state index contributed by atoms with van der Waals surface area (Å²) in [4.78, 5) is 18.9. The smallest absolute Gasteiger partial charge is 0.250 e. The van der Waals surface area contributed by atoms with Gasteiger partial charge in [-0.05, 0) is 37.5 Å². The topological polar surface area (TPSA) is 51.3 Å². The van der Waals surface area contributed by atoms with Crippen LogP contribution in [0.5, 0.6) is 0 Å². The number of likely N-dealkylation sites (tertiary alicyclic amines) is 1. The lowest BCUT2D eigenvalue weighted by Crippen LogP contribution is -2.46. The number of halogens is 2. The highest BCUT2D eigenvalue weighted by Gasteiger charge is 2.35. The molecule has 2 aromatic heterocycles. The van der Waals surface area contributed by atoms with Gasteiger partial charge in [0, 0.05) is 43.9 Å². The van der Waals surface area contributed by atoms with Crippen molar-refractivity contribution < 1.29 is 13.2 Å². The van der Waals surface area contributed by atoms with Gasteiger partial charge in [-0.15, -0.1) is 0 Å². The van der Waals surface area contributed by atoms with Crippen LogP contribution in [0.25, 0.3) is 11.5 Å². The predicted molar refractivity (Wildman–Crippen MR) is 103 cm³/mol. The molecule has 2 aliphatic rings. The molecule has 5 nitrogen and oxygen atoms in total. The van der Waals surface area contributed by atoms with Crippen LogP contribution in [0.1, 0.15) is 29.5 Å². The van der Waals surface area contributed by atoms with Crippen LogP contribution in [0.3, 0.4) is 0 Å².